The number of hydrogen-bond donors (Lipinski definition) is 2. The number of hydrogen-bond acceptors (Lipinski definition) is 4. The van der Waals surface area contributed by atoms with Crippen molar-refractivity contribution in [1.29, 1.82) is 0 Å². The number of nitrogens with one attached hydrogen (secondary N) is 1. The number of anilines is 2. The van der Waals surface area contributed by atoms with Crippen molar-refractivity contribution in [2.75, 3.05) is 5.32 Å². The second-order valence-corrected chi connectivity index (χ2v) is 5.24. The van der Waals surface area contributed by atoms with Crippen LogP contribution in [-0.4, -0.2) is 16.0 Å². The summed E-state index contributed by atoms with van der Waals surface area (Å²) in [4.78, 5) is 21.1. The fourth-order valence-electron chi connectivity index (χ4n) is 1.80. The van der Waals surface area contributed by atoms with Crippen LogP contribution in [-0.2, 0) is 0 Å². The summed E-state index contributed by atoms with van der Waals surface area (Å²) >= 11 is 3.30. The standard InChI is InChI=1S/C14H11BrN2O4/c1-8-6-10(17(20)21)3-5-12(8)16-13-4-2-9(14(18)19)7-11(13)15/h2-7,16H,1H3,(H,18,19). The first-order chi connectivity index (χ1) is 9.88. The van der Waals surface area contributed by atoms with Crippen molar-refractivity contribution < 1.29 is 14.8 Å². The van der Waals surface area contributed by atoms with Gasteiger partial charge in [-0.25, -0.2) is 4.79 Å². The van der Waals surface area contributed by atoms with Gasteiger partial charge in [0.1, 0.15) is 0 Å². The zero-order chi connectivity index (χ0) is 15.6. The van der Waals surface area contributed by atoms with Gasteiger partial charge in [-0.15, -0.1) is 0 Å². The molecule has 0 aliphatic heterocycles. The minimum absolute atomic E-state index is 0.0262. The number of nitro groups is 1. The molecule has 0 atom stereocenters. The summed E-state index contributed by atoms with van der Waals surface area (Å²) in [5.74, 6) is -1.01. The van der Waals surface area contributed by atoms with E-state index in [-0.39, 0.29) is 11.3 Å². The van der Waals surface area contributed by atoms with E-state index in [9.17, 15) is 14.9 Å². The molecule has 0 bridgehead atoms. The number of halogens is 1. The Labute approximate surface area is 128 Å². The normalized spacial score (nSPS) is 10.2. The zero-order valence-corrected chi connectivity index (χ0v) is 12.5. The van der Waals surface area contributed by atoms with Crippen LogP contribution < -0.4 is 5.32 Å². The number of aryl methyl sites for hydroxylation is 1. The second kappa shape index (κ2) is 5.92. The summed E-state index contributed by atoms with van der Waals surface area (Å²) < 4.78 is 0.597. The van der Waals surface area contributed by atoms with E-state index in [2.05, 4.69) is 21.2 Å². The van der Waals surface area contributed by atoms with Gasteiger partial charge in [0.2, 0.25) is 0 Å². The molecular weight excluding hydrogens is 340 g/mol. The van der Waals surface area contributed by atoms with E-state index in [0.717, 1.165) is 5.56 Å². The minimum atomic E-state index is -1.01. The summed E-state index contributed by atoms with van der Waals surface area (Å²) in [6.45, 7) is 1.76. The maximum absolute atomic E-state index is 10.9. The number of carboxylic acid groups (broad SMARTS) is 1. The summed E-state index contributed by atoms with van der Waals surface area (Å²) in [6.07, 6.45) is 0. The highest BCUT2D eigenvalue weighted by Crippen LogP contribution is 2.29. The van der Waals surface area contributed by atoms with Gasteiger partial charge in [0.25, 0.3) is 5.69 Å². The Kier molecular flexibility index (Phi) is 4.23. The maximum atomic E-state index is 10.9. The molecule has 0 aliphatic carbocycles. The molecule has 0 saturated carbocycles. The number of nitrogens with zero attached hydrogens (tertiary/aromatic N) is 1. The van der Waals surface area contributed by atoms with Crippen LogP contribution in [0.15, 0.2) is 40.9 Å². The lowest BCUT2D eigenvalue weighted by atomic mass is 10.1. The van der Waals surface area contributed by atoms with Crippen LogP contribution in [0.3, 0.4) is 0 Å². The smallest absolute Gasteiger partial charge is 0.335 e. The van der Waals surface area contributed by atoms with Crippen LogP contribution in [0.2, 0.25) is 0 Å². The van der Waals surface area contributed by atoms with Crippen molar-refractivity contribution >= 4 is 39.0 Å². The Morgan fingerprint density at radius 3 is 2.43 bits per heavy atom. The Hall–Kier alpha value is -2.41. The largest absolute Gasteiger partial charge is 0.478 e. The Balaban J connectivity index is 2.30. The highest BCUT2D eigenvalue weighted by atomic mass is 79.9. The number of benzene rings is 2. The molecule has 7 heteroatoms. The fraction of sp³-hybridized carbons (Fsp3) is 0.0714. The molecule has 0 radical (unpaired) electrons. The maximum Gasteiger partial charge on any atom is 0.335 e. The van der Waals surface area contributed by atoms with E-state index in [4.69, 9.17) is 5.11 Å². The van der Waals surface area contributed by atoms with Crippen LogP contribution in [0.4, 0.5) is 17.1 Å². The van der Waals surface area contributed by atoms with Crippen LogP contribution in [0.5, 0.6) is 0 Å². The third-order valence-electron chi connectivity index (χ3n) is 2.91. The van der Waals surface area contributed by atoms with E-state index in [1.54, 1.807) is 19.1 Å². The minimum Gasteiger partial charge on any atom is -0.478 e. The molecule has 0 amide bonds. The number of non-ortho nitro benzene ring substituents is 1. The van der Waals surface area contributed by atoms with Gasteiger partial charge in [-0.1, -0.05) is 0 Å². The first kappa shape index (κ1) is 15.0. The molecule has 2 aromatic carbocycles. The first-order valence-electron chi connectivity index (χ1n) is 5.93. The molecule has 0 aromatic heterocycles. The molecule has 0 unspecified atom stereocenters. The SMILES string of the molecule is Cc1cc([N+](=O)[O-])ccc1Nc1ccc(C(=O)O)cc1Br. The molecule has 0 aliphatic rings. The number of aromatic carboxylic acids is 1. The molecular formula is C14H11BrN2O4. The second-order valence-electron chi connectivity index (χ2n) is 4.38. The molecule has 21 heavy (non-hydrogen) atoms. The topological polar surface area (TPSA) is 92.5 Å². The van der Waals surface area contributed by atoms with E-state index in [1.807, 2.05) is 0 Å². The van der Waals surface area contributed by atoms with Crippen LogP contribution in [0.25, 0.3) is 0 Å². The van der Waals surface area contributed by atoms with Gasteiger partial charge in [-0.2, -0.15) is 0 Å². The van der Waals surface area contributed by atoms with Crippen molar-refractivity contribution in [1.82, 2.24) is 0 Å². The lowest BCUT2D eigenvalue weighted by Crippen LogP contribution is -1.99. The molecule has 6 nitrogen and oxygen atoms in total. The highest BCUT2D eigenvalue weighted by Gasteiger charge is 2.10. The van der Waals surface area contributed by atoms with Crippen molar-refractivity contribution in [3.8, 4) is 0 Å². The molecule has 0 saturated heterocycles. The van der Waals surface area contributed by atoms with Crippen LogP contribution >= 0.6 is 15.9 Å². The molecule has 2 rings (SSSR count). The molecule has 0 fully saturated rings. The van der Waals surface area contributed by atoms with Crippen LogP contribution in [0, 0.1) is 17.0 Å². The van der Waals surface area contributed by atoms with Crippen molar-refractivity contribution in [3.05, 3.63) is 62.1 Å². The number of rotatable bonds is 4. The number of nitro benzene ring substituents is 1. The molecule has 0 heterocycles. The zero-order valence-electron chi connectivity index (χ0n) is 11.0. The number of carbonyl (C=O) groups is 1. The van der Waals surface area contributed by atoms with Gasteiger partial charge in [0.05, 0.1) is 16.2 Å². The Morgan fingerprint density at radius 2 is 1.90 bits per heavy atom. The predicted molar refractivity (Wildman–Crippen MR) is 82.2 cm³/mol. The van der Waals surface area contributed by atoms with E-state index in [1.165, 1.54) is 24.3 Å². The molecule has 0 spiro atoms. The molecule has 2 aromatic rings. The third-order valence-corrected chi connectivity index (χ3v) is 3.56. The van der Waals surface area contributed by atoms with Gasteiger partial charge in [-0.3, -0.25) is 10.1 Å². The van der Waals surface area contributed by atoms with Gasteiger partial charge in [0.15, 0.2) is 0 Å². The van der Waals surface area contributed by atoms with Crippen molar-refractivity contribution in [2.45, 2.75) is 6.92 Å². The van der Waals surface area contributed by atoms with Crippen molar-refractivity contribution in [3.63, 3.8) is 0 Å². The highest BCUT2D eigenvalue weighted by molar-refractivity contribution is 9.10. The van der Waals surface area contributed by atoms with Crippen LogP contribution in [0.1, 0.15) is 15.9 Å². The molecule has 108 valence electrons. The van der Waals surface area contributed by atoms with Gasteiger partial charge >= 0.3 is 5.97 Å². The van der Waals surface area contributed by atoms with Gasteiger partial charge < -0.3 is 10.4 Å². The van der Waals surface area contributed by atoms with E-state index in [0.29, 0.717) is 15.8 Å². The predicted octanol–water partition coefficient (Wildman–Crippen LogP) is 4.11. The average molecular weight is 351 g/mol. The lowest BCUT2D eigenvalue weighted by Gasteiger charge is -2.11. The van der Waals surface area contributed by atoms with Crippen molar-refractivity contribution in [2.24, 2.45) is 0 Å². The summed E-state index contributed by atoms with van der Waals surface area (Å²) in [7, 11) is 0. The Morgan fingerprint density at radius 1 is 1.24 bits per heavy atom. The summed E-state index contributed by atoms with van der Waals surface area (Å²) in [5, 5.41) is 22.7. The fourth-order valence-corrected chi connectivity index (χ4v) is 2.27. The Bertz CT molecular complexity index is 669. The third kappa shape index (κ3) is 3.38. The number of carboxylic acids is 1. The summed E-state index contributed by atoms with van der Waals surface area (Å²) in [6, 6.07) is 9.11. The summed E-state index contributed by atoms with van der Waals surface area (Å²) in [5.41, 5.74) is 2.31. The quantitative estimate of drug-likeness (QED) is 0.639. The van der Waals surface area contributed by atoms with E-state index >= 15 is 0 Å². The monoisotopic (exact) mass is 350 g/mol. The first-order valence-corrected chi connectivity index (χ1v) is 6.72. The average Bonchev–Trinajstić information content (AvgIpc) is 2.42. The lowest BCUT2D eigenvalue weighted by molar-refractivity contribution is -0.384. The van der Waals surface area contributed by atoms with E-state index < -0.39 is 10.9 Å². The van der Waals surface area contributed by atoms with Gasteiger partial charge in [-0.05, 0) is 52.7 Å². The van der Waals surface area contributed by atoms with Gasteiger partial charge in [0, 0.05) is 22.3 Å². The molecule has 2 N–H and O–H groups in total.